The van der Waals surface area contributed by atoms with E-state index in [1.165, 1.54) is 18.7 Å². The summed E-state index contributed by atoms with van der Waals surface area (Å²) in [6.07, 6.45) is 2.51. The standard InChI is InChI=1S/C19H36N4O5S/c1-10(2)9-14(22-16(24)12(5)20)17(25)23-15(11(3)4)18(26)21-13(19(27)28)7-8-29-6/h10-15H,7-9,20H2,1-6H3,(H,21,26)(H,22,24)(H,23,25)(H,27,28). The molecule has 0 aromatic rings. The minimum atomic E-state index is -1.12. The maximum Gasteiger partial charge on any atom is 0.326 e. The molecule has 0 aliphatic rings. The third kappa shape index (κ3) is 10.5. The quantitative estimate of drug-likeness (QED) is 0.281. The zero-order valence-electron chi connectivity index (χ0n) is 18.2. The molecule has 0 saturated heterocycles. The molecular formula is C19H36N4O5S. The lowest BCUT2D eigenvalue weighted by Gasteiger charge is -2.27. The van der Waals surface area contributed by atoms with Crippen LogP contribution in [-0.4, -0.2) is 65.0 Å². The highest BCUT2D eigenvalue weighted by atomic mass is 32.2. The third-order valence-electron chi connectivity index (χ3n) is 4.23. The van der Waals surface area contributed by atoms with Crippen molar-refractivity contribution in [2.24, 2.45) is 17.6 Å². The van der Waals surface area contributed by atoms with Gasteiger partial charge in [-0.05, 0) is 43.6 Å². The Morgan fingerprint density at radius 1 is 0.897 bits per heavy atom. The molecule has 0 aliphatic carbocycles. The number of carboxylic acid groups (broad SMARTS) is 1. The minimum absolute atomic E-state index is 0.119. The molecule has 10 heteroatoms. The van der Waals surface area contributed by atoms with Gasteiger partial charge in [-0.15, -0.1) is 0 Å². The average molecular weight is 433 g/mol. The van der Waals surface area contributed by atoms with Crippen molar-refractivity contribution in [2.75, 3.05) is 12.0 Å². The zero-order valence-corrected chi connectivity index (χ0v) is 19.0. The number of hydrogen-bond donors (Lipinski definition) is 5. The second-order valence-corrected chi connectivity index (χ2v) is 8.88. The normalized spacial score (nSPS) is 15.3. The second-order valence-electron chi connectivity index (χ2n) is 7.89. The van der Waals surface area contributed by atoms with E-state index in [0.29, 0.717) is 12.2 Å². The number of carbonyl (C=O) groups is 4. The molecule has 29 heavy (non-hydrogen) atoms. The lowest BCUT2D eigenvalue weighted by molar-refractivity contribution is -0.142. The van der Waals surface area contributed by atoms with E-state index in [4.69, 9.17) is 5.73 Å². The molecule has 4 atom stereocenters. The zero-order chi connectivity index (χ0) is 22.7. The van der Waals surface area contributed by atoms with E-state index in [9.17, 15) is 24.3 Å². The number of amides is 3. The van der Waals surface area contributed by atoms with Crippen LogP contribution in [-0.2, 0) is 19.2 Å². The highest BCUT2D eigenvalue weighted by molar-refractivity contribution is 7.98. The van der Waals surface area contributed by atoms with E-state index < -0.39 is 47.9 Å². The molecule has 0 rings (SSSR count). The van der Waals surface area contributed by atoms with E-state index in [2.05, 4.69) is 16.0 Å². The van der Waals surface area contributed by atoms with Gasteiger partial charge in [-0.1, -0.05) is 27.7 Å². The summed E-state index contributed by atoms with van der Waals surface area (Å²) >= 11 is 1.48. The number of aliphatic carboxylic acids is 1. The van der Waals surface area contributed by atoms with Crippen LogP contribution in [0.3, 0.4) is 0 Å². The summed E-state index contributed by atoms with van der Waals surface area (Å²) < 4.78 is 0. The van der Waals surface area contributed by atoms with Gasteiger partial charge in [0.15, 0.2) is 0 Å². The Morgan fingerprint density at radius 3 is 1.86 bits per heavy atom. The SMILES string of the molecule is CSCCC(NC(=O)C(NC(=O)C(CC(C)C)NC(=O)C(C)N)C(C)C)C(=O)O. The van der Waals surface area contributed by atoms with E-state index in [1.54, 1.807) is 13.8 Å². The van der Waals surface area contributed by atoms with Gasteiger partial charge in [-0.25, -0.2) is 4.79 Å². The van der Waals surface area contributed by atoms with Crippen LogP contribution in [0, 0.1) is 11.8 Å². The van der Waals surface area contributed by atoms with Crippen molar-refractivity contribution in [3.8, 4) is 0 Å². The summed E-state index contributed by atoms with van der Waals surface area (Å²) in [5.41, 5.74) is 5.57. The third-order valence-corrected chi connectivity index (χ3v) is 4.87. The summed E-state index contributed by atoms with van der Waals surface area (Å²) in [5, 5.41) is 17.1. The first kappa shape index (κ1) is 27.2. The van der Waals surface area contributed by atoms with Crippen LogP contribution < -0.4 is 21.7 Å². The number of carbonyl (C=O) groups excluding carboxylic acids is 3. The topological polar surface area (TPSA) is 151 Å². The molecule has 0 radical (unpaired) electrons. The molecule has 0 bridgehead atoms. The first-order valence-corrected chi connectivity index (χ1v) is 11.2. The number of nitrogens with two attached hydrogens (primary N) is 1. The summed E-state index contributed by atoms with van der Waals surface area (Å²) in [5.74, 6) is -2.23. The molecule has 0 aliphatic heterocycles. The van der Waals surface area contributed by atoms with Crippen molar-refractivity contribution in [2.45, 2.75) is 71.6 Å². The van der Waals surface area contributed by atoms with Gasteiger partial charge in [0.2, 0.25) is 17.7 Å². The maximum atomic E-state index is 12.8. The van der Waals surface area contributed by atoms with Gasteiger partial charge in [0.25, 0.3) is 0 Å². The van der Waals surface area contributed by atoms with Crippen LogP contribution in [0.2, 0.25) is 0 Å². The van der Waals surface area contributed by atoms with E-state index in [0.717, 1.165) is 0 Å². The predicted molar refractivity (Wildman–Crippen MR) is 114 cm³/mol. The molecule has 9 nitrogen and oxygen atoms in total. The first-order valence-electron chi connectivity index (χ1n) is 9.79. The Hall–Kier alpha value is -1.81. The van der Waals surface area contributed by atoms with E-state index >= 15 is 0 Å². The van der Waals surface area contributed by atoms with Crippen molar-refractivity contribution in [1.82, 2.24) is 16.0 Å². The van der Waals surface area contributed by atoms with Crippen molar-refractivity contribution < 1.29 is 24.3 Å². The number of rotatable bonds is 13. The molecule has 0 saturated carbocycles. The molecule has 0 aromatic carbocycles. The molecule has 4 unspecified atom stereocenters. The van der Waals surface area contributed by atoms with Crippen molar-refractivity contribution in [1.29, 1.82) is 0 Å². The maximum absolute atomic E-state index is 12.8. The van der Waals surface area contributed by atoms with Gasteiger partial charge in [-0.3, -0.25) is 14.4 Å². The molecule has 0 heterocycles. The highest BCUT2D eigenvalue weighted by Gasteiger charge is 2.31. The van der Waals surface area contributed by atoms with Gasteiger partial charge in [-0.2, -0.15) is 11.8 Å². The molecule has 0 aromatic heterocycles. The van der Waals surface area contributed by atoms with Gasteiger partial charge < -0.3 is 26.8 Å². The van der Waals surface area contributed by atoms with E-state index in [-0.39, 0.29) is 18.3 Å². The number of thioether (sulfide) groups is 1. The molecule has 0 spiro atoms. The van der Waals surface area contributed by atoms with Crippen LogP contribution in [0.1, 0.15) is 47.5 Å². The fourth-order valence-corrected chi connectivity index (χ4v) is 3.02. The summed E-state index contributed by atoms with van der Waals surface area (Å²) in [4.78, 5) is 48.8. The Labute approximate surface area is 177 Å². The van der Waals surface area contributed by atoms with Crippen LogP contribution in [0.4, 0.5) is 0 Å². The number of hydrogen-bond acceptors (Lipinski definition) is 6. The monoisotopic (exact) mass is 432 g/mol. The first-order chi connectivity index (χ1) is 13.4. The molecular weight excluding hydrogens is 396 g/mol. The number of nitrogens with one attached hydrogen (secondary N) is 3. The highest BCUT2D eigenvalue weighted by Crippen LogP contribution is 2.09. The smallest absolute Gasteiger partial charge is 0.326 e. The predicted octanol–water partition coefficient (Wildman–Crippen LogP) is 0.328. The van der Waals surface area contributed by atoms with Gasteiger partial charge >= 0.3 is 5.97 Å². The lowest BCUT2D eigenvalue weighted by atomic mass is 9.99. The van der Waals surface area contributed by atoms with Crippen LogP contribution in [0.25, 0.3) is 0 Å². The Bertz CT molecular complexity index is 569. The Kier molecular flexibility index (Phi) is 12.6. The molecule has 3 amide bonds. The van der Waals surface area contributed by atoms with Crippen LogP contribution >= 0.6 is 11.8 Å². The summed E-state index contributed by atoms with van der Waals surface area (Å²) in [6.45, 7) is 8.84. The molecule has 168 valence electrons. The summed E-state index contributed by atoms with van der Waals surface area (Å²) in [6, 6.07) is -3.57. The largest absolute Gasteiger partial charge is 0.480 e. The van der Waals surface area contributed by atoms with Gasteiger partial charge in [0.05, 0.1) is 6.04 Å². The fraction of sp³-hybridized carbons (Fsp3) is 0.789. The fourth-order valence-electron chi connectivity index (χ4n) is 2.55. The van der Waals surface area contributed by atoms with Crippen LogP contribution in [0.5, 0.6) is 0 Å². The van der Waals surface area contributed by atoms with Crippen LogP contribution in [0.15, 0.2) is 0 Å². The molecule has 6 N–H and O–H groups in total. The Balaban J connectivity index is 5.29. The second kappa shape index (κ2) is 13.4. The van der Waals surface area contributed by atoms with E-state index in [1.807, 2.05) is 20.1 Å². The minimum Gasteiger partial charge on any atom is -0.480 e. The van der Waals surface area contributed by atoms with Crippen molar-refractivity contribution in [3.63, 3.8) is 0 Å². The Morgan fingerprint density at radius 2 is 1.45 bits per heavy atom. The van der Waals surface area contributed by atoms with Crippen molar-refractivity contribution in [3.05, 3.63) is 0 Å². The van der Waals surface area contributed by atoms with Crippen molar-refractivity contribution >= 4 is 35.5 Å². The molecule has 0 fully saturated rings. The lowest BCUT2D eigenvalue weighted by Crippen LogP contribution is -2.58. The van der Waals surface area contributed by atoms with Gasteiger partial charge in [0.1, 0.15) is 18.1 Å². The summed E-state index contributed by atoms with van der Waals surface area (Å²) in [7, 11) is 0. The average Bonchev–Trinajstić information content (AvgIpc) is 2.60. The number of carboxylic acids is 1. The van der Waals surface area contributed by atoms with Gasteiger partial charge in [0, 0.05) is 0 Å².